The van der Waals surface area contributed by atoms with Gasteiger partial charge >= 0.3 is 0 Å². The number of nitrogens with two attached hydrogens (primary N) is 1. The van der Waals surface area contributed by atoms with Crippen LogP contribution >= 0.6 is 23.2 Å². The van der Waals surface area contributed by atoms with Crippen LogP contribution in [0.25, 0.3) is 10.9 Å². The number of hydrogen-bond donors (Lipinski definition) is 2. The van der Waals surface area contributed by atoms with Crippen molar-refractivity contribution in [3.05, 3.63) is 64.3 Å². The number of rotatable bonds is 4. The van der Waals surface area contributed by atoms with E-state index in [1.807, 2.05) is 0 Å². The Bertz CT molecular complexity index is 1000. The largest absolute Gasteiger partial charge is 0.479 e. The SMILES string of the molecule is CC(Oc1ccc(Cl)cc1Cl)C(=O)n1cc(C(=O)NN)c2ccccc21. The molecule has 1 unspecified atom stereocenters. The van der Waals surface area contributed by atoms with Crippen LogP contribution in [0.3, 0.4) is 0 Å². The Morgan fingerprint density at radius 1 is 1.19 bits per heavy atom. The molecule has 3 aromatic rings. The minimum absolute atomic E-state index is 0.299. The molecule has 3 N–H and O–H groups in total. The number of halogens is 2. The van der Waals surface area contributed by atoms with Crippen molar-refractivity contribution < 1.29 is 14.3 Å². The lowest BCUT2D eigenvalue weighted by atomic mass is 10.2. The fourth-order valence-electron chi connectivity index (χ4n) is 2.63. The van der Waals surface area contributed by atoms with Crippen molar-refractivity contribution in [3.63, 3.8) is 0 Å². The number of para-hydroxylation sites is 1. The summed E-state index contributed by atoms with van der Waals surface area (Å²) in [5.74, 6) is 4.73. The summed E-state index contributed by atoms with van der Waals surface area (Å²) in [4.78, 5) is 24.9. The van der Waals surface area contributed by atoms with E-state index in [1.165, 1.54) is 16.8 Å². The van der Waals surface area contributed by atoms with Crippen molar-refractivity contribution >= 4 is 45.9 Å². The molecule has 8 heteroatoms. The van der Waals surface area contributed by atoms with Crippen molar-refractivity contribution in [2.24, 2.45) is 5.84 Å². The molecule has 0 radical (unpaired) electrons. The van der Waals surface area contributed by atoms with Gasteiger partial charge in [-0.2, -0.15) is 0 Å². The summed E-state index contributed by atoms with van der Waals surface area (Å²) in [7, 11) is 0. The Morgan fingerprint density at radius 3 is 2.62 bits per heavy atom. The van der Waals surface area contributed by atoms with Crippen LogP contribution in [0.15, 0.2) is 48.7 Å². The summed E-state index contributed by atoms with van der Waals surface area (Å²) in [5.41, 5.74) is 2.96. The van der Waals surface area contributed by atoms with E-state index in [9.17, 15) is 9.59 Å². The molecule has 1 atom stereocenters. The first-order valence-corrected chi connectivity index (χ1v) is 8.45. The quantitative estimate of drug-likeness (QED) is 0.403. The maximum atomic E-state index is 12.9. The number of aromatic nitrogens is 1. The van der Waals surface area contributed by atoms with Gasteiger partial charge in [-0.25, -0.2) is 5.84 Å². The van der Waals surface area contributed by atoms with Crippen molar-refractivity contribution in [1.29, 1.82) is 0 Å². The lowest BCUT2D eigenvalue weighted by molar-refractivity contribution is 0.0734. The van der Waals surface area contributed by atoms with Crippen LogP contribution in [0.5, 0.6) is 5.75 Å². The number of carbonyl (C=O) groups excluding carboxylic acids is 2. The number of ether oxygens (including phenoxy) is 1. The molecule has 1 aromatic heterocycles. The molecular formula is C18H15Cl2N3O3. The van der Waals surface area contributed by atoms with E-state index in [2.05, 4.69) is 5.43 Å². The van der Waals surface area contributed by atoms with Gasteiger partial charge in [0, 0.05) is 16.6 Å². The lowest BCUT2D eigenvalue weighted by Gasteiger charge is -2.15. The molecule has 0 aliphatic rings. The highest BCUT2D eigenvalue weighted by Crippen LogP contribution is 2.29. The molecule has 1 amide bonds. The first-order chi connectivity index (χ1) is 12.4. The second-order valence-corrected chi connectivity index (χ2v) is 6.42. The van der Waals surface area contributed by atoms with Gasteiger partial charge in [0.05, 0.1) is 16.1 Å². The molecule has 0 spiro atoms. The summed E-state index contributed by atoms with van der Waals surface area (Å²) in [5, 5.41) is 1.38. The maximum Gasteiger partial charge on any atom is 0.271 e. The number of nitrogens with one attached hydrogen (secondary N) is 1. The fraction of sp³-hybridized carbons (Fsp3) is 0.111. The van der Waals surface area contributed by atoms with Gasteiger partial charge in [0.15, 0.2) is 6.10 Å². The Labute approximate surface area is 159 Å². The van der Waals surface area contributed by atoms with Gasteiger partial charge in [-0.05, 0) is 31.2 Å². The third kappa shape index (κ3) is 3.39. The van der Waals surface area contributed by atoms with E-state index in [0.717, 1.165) is 0 Å². The van der Waals surface area contributed by atoms with Crippen LogP contribution in [-0.2, 0) is 0 Å². The van der Waals surface area contributed by atoms with Crippen molar-refractivity contribution in [3.8, 4) is 5.75 Å². The first-order valence-electron chi connectivity index (χ1n) is 7.69. The molecular weight excluding hydrogens is 377 g/mol. The van der Waals surface area contributed by atoms with Gasteiger partial charge in [0.1, 0.15) is 5.75 Å². The molecule has 0 bridgehead atoms. The molecule has 0 saturated heterocycles. The van der Waals surface area contributed by atoms with E-state index in [4.69, 9.17) is 33.8 Å². The summed E-state index contributed by atoms with van der Waals surface area (Å²) in [6, 6.07) is 11.8. The topological polar surface area (TPSA) is 86.3 Å². The predicted octanol–water partition coefficient (Wildman–Crippen LogP) is 3.66. The average molecular weight is 392 g/mol. The minimum Gasteiger partial charge on any atom is -0.479 e. The Hall–Kier alpha value is -2.54. The number of fused-ring (bicyclic) bond motifs is 1. The number of benzene rings is 2. The van der Waals surface area contributed by atoms with Gasteiger partial charge in [0.2, 0.25) is 0 Å². The number of hydrogen-bond acceptors (Lipinski definition) is 4. The number of nitrogen functional groups attached to an aromatic ring is 1. The summed E-state index contributed by atoms with van der Waals surface area (Å²) in [6.07, 6.45) is 0.594. The van der Waals surface area contributed by atoms with Gasteiger partial charge in [0.25, 0.3) is 11.8 Å². The maximum absolute atomic E-state index is 12.9. The standard InChI is InChI=1S/C18H15Cl2N3O3/c1-10(26-16-7-6-11(19)8-14(16)20)18(25)23-9-13(17(24)22-21)12-4-2-3-5-15(12)23/h2-10H,21H2,1H3,(H,22,24). The zero-order valence-corrected chi connectivity index (χ0v) is 15.2. The summed E-state index contributed by atoms with van der Waals surface area (Å²) in [6.45, 7) is 1.60. The molecule has 134 valence electrons. The third-order valence-corrected chi connectivity index (χ3v) is 4.40. The zero-order chi connectivity index (χ0) is 18.8. The van der Waals surface area contributed by atoms with Crippen LogP contribution in [0.4, 0.5) is 0 Å². The van der Waals surface area contributed by atoms with Gasteiger partial charge in [-0.3, -0.25) is 19.6 Å². The Kier molecular flexibility index (Phi) is 5.18. The second-order valence-electron chi connectivity index (χ2n) is 5.58. The van der Waals surface area contributed by atoms with Gasteiger partial charge in [-0.1, -0.05) is 41.4 Å². The predicted molar refractivity (Wildman–Crippen MR) is 101 cm³/mol. The van der Waals surface area contributed by atoms with E-state index in [0.29, 0.717) is 32.3 Å². The summed E-state index contributed by atoms with van der Waals surface area (Å²) >= 11 is 12.0. The highest BCUT2D eigenvalue weighted by Gasteiger charge is 2.23. The van der Waals surface area contributed by atoms with E-state index < -0.39 is 12.0 Å². The van der Waals surface area contributed by atoms with Crippen molar-refractivity contribution in [2.75, 3.05) is 0 Å². The monoisotopic (exact) mass is 391 g/mol. The Balaban J connectivity index is 1.95. The average Bonchev–Trinajstić information content (AvgIpc) is 3.02. The van der Waals surface area contributed by atoms with Gasteiger partial charge in [-0.15, -0.1) is 0 Å². The smallest absolute Gasteiger partial charge is 0.271 e. The van der Waals surface area contributed by atoms with Crippen LogP contribution in [-0.4, -0.2) is 22.5 Å². The fourth-order valence-corrected chi connectivity index (χ4v) is 3.08. The normalized spacial score (nSPS) is 12.0. The van der Waals surface area contributed by atoms with Crippen LogP contribution in [0, 0.1) is 0 Å². The van der Waals surface area contributed by atoms with E-state index >= 15 is 0 Å². The van der Waals surface area contributed by atoms with Crippen molar-refractivity contribution in [2.45, 2.75) is 13.0 Å². The molecule has 2 aromatic carbocycles. The number of amides is 1. The molecule has 1 heterocycles. The van der Waals surface area contributed by atoms with Crippen LogP contribution in [0.2, 0.25) is 10.0 Å². The highest BCUT2D eigenvalue weighted by molar-refractivity contribution is 6.35. The van der Waals surface area contributed by atoms with Crippen molar-refractivity contribution in [1.82, 2.24) is 9.99 Å². The highest BCUT2D eigenvalue weighted by atomic mass is 35.5. The van der Waals surface area contributed by atoms with E-state index in [1.54, 1.807) is 43.3 Å². The number of nitrogens with zero attached hydrogens (tertiary/aromatic N) is 1. The molecule has 6 nitrogen and oxygen atoms in total. The minimum atomic E-state index is -0.849. The molecule has 0 saturated carbocycles. The van der Waals surface area contributed by atoms with Crippen LogP contribution in [0.1, 0.15) is 22.1 Å². The van der Waals surface area contributed by atoms with Gasteiger partial charge < -0.3 is 4.74 Å². The molecule has 0 aliphatic carbocycles. The second kappa shape index (κ2) is 7.37. The third-order valence-electron chi connectivity index (χ3n) is 3.87. The molecule has 0 aliphatic heterocycles. The Morgan fingerprint density at radius 2 is 1.92 bits per heavy atom. The molecule has 3 rings (SSSR count). The number of hydrazine groups is 1. The summed E-state index contributed by atoms with van der Waals surface area (Å²) < 4.78 is 7.04. The van der Waals surface area contributed by atoms with E-state index in [-0.39, 0.29) is 5.91 Å². The first kappa shape index (κ1) is 18.3. The number of carbonyl (C=O) groups is 2. The zero-order valence-electron chi connectivity index (χ0n) is 13.7. The van der Waals surface area contributed by atoms with Crippen LogP contribution < -0.4 is 16.0 Å². The molecule has 0 fully saturated rings. The lowest BCUT2D eigenvalue weighted by Crippen LogP contribution is -2.30. The molecule has 26 heavy (non-hydrogen) atoms.